The second kappa shape index (κ2) is 3.05. The Labute approximate surface area is 72.7 Å². The molecule has 0 amide bonds. The van der Waals surface area contributed by atoms with Gasteiger partial charge in [-0.3, -0.25) is 4.79 Å². The Morgan fingerprint density at radius 2 is 2.08 bits per heavy atom. The molecule has 1 N–H and O–H groups in total. The maximum atomic E-state index is 10.9. The van der Waals surface area contributed by atoms with Gasteiger partial charge in [-0.2, -0.15) is 0 Å². The summed E-state index contributed by atoms with van der Waals surface area (Å²) in [4.78, 5) is 10.9. The minimum atomic E-state index is -0.518. The van der Waals surface area contributed by atoms with E-state index in [-0.39, 0.29) is 23.9 Å². The molecule has 0 aromatic carbocycles. The molecule has 1 rings (SSSR count). The number of carbonyl (C=O) groups is 1. The summed E-state index contributed by atoms with van der Waals surface area (Å²) in [6.45, 7) is 6.01. The average Bonchev–Trinajstić information content (AvgIpc) is 1.82. The topological polar surface area (TPSA) is 46.5 Å². The molecule has 0 unspecified atom stereocenters. The van der Waals surface area contributed by atoms with Crippen LogP contribution in [0, 0.1) is 5.41 Å². The molecule has 70 valence electrons. The van der Waals surface area contributed by atoms with Gasteiger partial charge in [0.15, 0.2) is 0 Å². The molecule has 0 aromatic rings. The van der Waals surface area contributed by atoms with E-state index < -0.39 is 6.10 Å². The van der Waals surface area contributed by atoms with Crippen molar-refractivity contribution in [2.24, 2.45) is 5.41 Å². The molecule has 0 bridgehead atoms. The molecule has 0 aromatic heterocycles. The van der Waals surface area contributed by atoms with E-state index in [1.165, 1.54) is 0 Å². The lowest BCUT2D eigenvalue weighted by atomic mass is 9.84. The van der Waals surface area contributed by atoms with Crippen molar-refractivity contribution < 1.29 is 14.6 Å². The monoisotopic (exact) mass is 172 g/mol. The molecular formula is C9H16O3. The molecule has 0 aliphatic carbocycles. The predicted octanol–water partition coefficient (Wildman–Crippen LogP) is 1.10. The first-order valence-electron chi connectivity index (χ1n) is 4.27. The summed E-state index contributed by atoms with van der Waals surface area (Å²) < 4.78 is 5.12. The zero-order chi connectivity index (χ0) is 9.35. The number of carbonyl (C=O) groups excluding carboxylic acids is 1. The number of hydrogen-bond donors (Lipinski definition) is 1. The Bertz CT molecular complexity index is 181. The molecule has 3 nitrogen and oxygen atoms in total. The highest BCUT2D eigenvalue weighted by atomic mass is 16.5. The Morgan fingerprint density at radius 1 is 1.50 bits per heavy atom. The number of cyclic esters (lactones) is 1. The Morgan fingerprint density at radius 3 is 2.50 bits per heavy atom. The molecule has 1 aliphatic heterocycles. The van der Waals surface area contributed by atoms with Crippen LogP contribution in [-0.2, 0) is 9.53 Å². The van der Waals surface area contributed by atoms with Crippen LogP contribution in [0.25, 0.3) is 0 Å². The van der Waals surface area contributed by atoms with Gasteiger partial charge in [-0.1, -0.05) is 20.8 Å². The Kier molecular flexibility index (Phi) is 2.42. The summed E-state index contributed by atoms with van der Waals surface area (Å²) in [6.07, 6.45) is 0.0474. The van der Waals surface area contributed by atoms with Crippen LogP contribution in [0.4, 0.5) is 0 Å². The van der Waals surface area contributed by atoms with Crippen LogP contribution in [-0.4, -0.2) is 23.3 Å². The van der Waals surface area contributed by atoms with E-state index >= 15 is 0 Å². The summed E-state index contributed by atoms with van der Waals surface area (Å²) >= 11 is 0. The van der Waals surface area contributed by atoms with Crippen molar-refractivity contribution in [3.63, 3.8) is 0 Å². The van der Waals surface area contributed by atoms with Crippen LogP contribution in [0.2, 0.25) is 0 Å². The van der Waals surface area contributed by atoms with Gasteiger partial charge in [-0.25, -0.2) is 0 Å². The summed E-state index contributed by atoms with van der Waals surface area (Å²) in [7, 11) is 0. The van der Waals surface area contributed by atoms with Gasteiger partial charge < -0.3 is 9.84 Å². The van der Waals surface area contributed by atoms with Crippen LogP contribution >= 0.6 is 0 Å². The average molecular weight is 172 g/mol. The molecule has 1 fully saturated rings. The van der Waals surface area contributed by atoms with Crippen molar-refractivity contribution in [2.75, 3.05) is 0 Å². The minimum Gasteiger partial charge on any atom is -0.462 e. The Hall–Kier alpha value is -0.570. The van der Waals surface area contributed by atoms with Gasteiger partial charge in [0, 0.05) is 6.42 Å². The largest absolute Gasteiger partial charge is 0.462 e. The summed E-state index contributed by atoms with van der Waals surface area (Å²) in [5.74, 6) is -0.284. The van der Waals surface area contributed by atoms with E-state index in [2.05, 4.69) is 0 Å². The fourth-order valence-corrected chi connectivity index (χ4v) is 1.31. The maximum Gasteiger partial charge on any atom is 0.308 e. The van der Waals surface area contributed by atoms with Crippen molar-refractivity contribution in [1.82, 2.24) is 0 Å². The van der Waals surface area contributed by atoms with E-state index in [0.29, 0.717) is 6.42 Å². The van der Waals surface area contributed by atoms with Crippen LogP contribution in [0.15, 0.2) is 0 Å². The first kappa shape index (κ1) is 9.52. The molecule has 2 atom stereocenters. The maximum absolute atomic E-state index is 10.9. The normalized spacial score (nSPS) is 31.5. The predicted molar refractivity (Wildman–Crippen MR) is 44.6 cm³/mol. The number of ether oxygens (including phenoxy) is 1. The third kappa shape index (κ3) is 2.21. The fourth-order valence-electron chi connectivity index (χ4n) is 1.31. The van der Waals surface area contributed by atoms with Crippen molar-refractivity contribution in [2.45, 2.75) is 45.8 Å². The lowest BCUT2D eigenvalue weighted by Crippen LogP contribution is -2.40. The number of aliphatic hydroxyl groups is 1. The zero-order valence-corrected chi connectivity index (χ0v) is 7.83. The standard InChI is InChI=1S/C9H16O3/c1-9(2,3)7-4-6(10)5-8(11)12-7/h6-7,10H,4-5H2,1-3H3/t6-,7-/m0/s1. The molecule has 1 saturated heterocycles. The summed E-state index contributed by atoms with van der Waals surface area (Å²) in [6, 6.07) is 0. The molecule has 1 aliphatic rings. The van der Waals surface area contributed by atoms with Gasteiger partial charge in [0.1, 0.15) is 6.10 Å². The third-order valence-electron chi connectivity index (χ3n) is 2.13. The van der Waals surface area contributed by atoms with Gasteiger partial charge in [0.05, 0.1) is 12.5 Å². The highest BCUT2D eigenvalue weighted by Gasteiger charge is 2.35. The second-order valence-corrected chi connectivity index (χ2v) is 4.44. The van der Waals surface area contributed by atoms with Gasteiger partial charge in [-0.15, -0.1) is 0 Å². The lowest BCUT2D eigenvalue weighted by Gasteiger charge is -2.35. The van der Waals surface area contributed by atoms with Crippen molar-refractivity contribution in [1.29, 1.82) is 0 Å². The van der Waals surface area contributed by atoms with Gasteiger partial charge in [-0.05, 0) is 5.41 Å². The van der Waals surface area contributed by atoms with E-state index in [4.69, 9.17) is 4.74 Å². The SMILES string of the molecule is CC(C)(C)[C@@H]1C[C@H](O)CC(=O)O1. The number of rotatable bonds is 0. The van der Waals surface area contributed by atoms with Gasteiger partial charge in [0.25, 0.3) is 0 Å². The smallest absolute Gasteiger partial charge is 0.308 e. The number of hydrogen-bond acceptors (Lipinski definition) is 3. The molecule has 1 heterocycles. The molecule has 0 saturated carbocycles. The van der Waals surface area contributed by atoms with E-state index in [9.17, 15) is 9.90 Å². The highest BCUT2D eigenvalue weighted by molar-refractivity contribution is 5.71. The van der Waals surface area contributed by atoms with Crippen LogP contribution < -0.4 is 0 Å². The molecule has 0 spiro atoms. The molecule has 0 radical (unpaired) electrons. The molecular weight excluding hydrogens is 156 g/mol. The zero-order valence-electron chi connectivity index (χ0n) is 7.83. The summed E-state index contributed by atoms with van der Waals surface area (Å²) in [5, 5.41) is 9.31. The van der Waals surface area contributed by atoms with Gasteiger partial charge >= 0.3 is 5.97 Å². The van der Waals surface area contributed by atoms with Crippen molar-refractivity contribution in [3.05, 3.63) is 0 Å². The third-order valence-corrected chi connectivity index (χ3v) is 2.13. The van der Waals surface area contributed by atoms with Gasteiger partial charge in [0.2, 0.25) is 0 Å². The van der Waals surface area contributed by atoms with Crippen molar-refractivity contribution >= 4 is 5.97 Å². The molecule has 3 heteroatoms. The fraction of sp³-hybridized carbons (Fsp3) is 0.889. The van der Waals surface area contributed by atoms with Crippen LogP contribution in [0.1, 0.15) is 33.6 Å². The van der Waals surface area contributed by atoms with E-state index in [1.807, 2.05) is 20.8 Å². The first-order chi connectivity index (χ1) is 5.39. The van der Waals surface area contributed by atoms with E-state index in [0.717, 1.165) is 0 Å². The van der Waals surface area contributed by atoms with Crippen LogP contribution in [0.3, 0.4) is 0 Å². The quantitative estimate of drug-likeness (QED) is 0.556. The van der Waals surface area contributed by atoms with Crippen LogP contribution in [0.5, 0.6) is 0 Å². The minimum absolute atomic E-state index is 0.0724. The number of esters is 1. The second-order valence-electron chi connectivity index (χ2n) is 4.44. The highest BCUT2D eigenvalue weighted by Crippen LogP contribution is 2.29. The summed E-state index contributed by atoms with van der Waals surface area (Å²) in [5.41, 5.74) is -0.0724. The van der Waals surface area contributed by atoms with Crippen molar-refractivity contribution in [3.8, 4) is 0 Å². The molecule has 12 heavy (non-hydrogen) atoms. The lowest BCUT2D eigenvalue weighted by molar-refractivity contribution is -0.168. The number of aliphatic hydroxyl groups excluding tert-OH is 1. The van der Waals surface area contributed by atoms with E-state index in [1.54, 1.807) is 0 Å². The Balaban J connectivity index is 2.62. The first-order valence-corrected chi connectivity index (χ1v) is 4.27.